The average Bonchev–Trinajstić information content (AvgIpc) is 2.04. The molecule has 0 aliphatic rings. The van der Waals surface area contributed by atoms with Crippen molar-refractivity contribution in [3.05, 3.63) is 45.8 Å². The Kier molecular flexibility index (Phi) is 3.56. The number of hydrogen-bond acceptors (Lipinski definition) is 0. The van der Waals surface area contributed by atoms with Crippen LogP contribution in [0.5, 0.6) is 0 Å². The summed E-state index contributed by atoms with van der Waals surface area (Å²) in [5, 5.41) is 0. The molecule has 1 aromatic carbocycles. The van der Waals surface area contributed by atoms with Crippen LogP contribution in [-0.4, -0.2) is 0 Å². The molecule has 0 heterocycles. The molecular formula is C9H8FI. The van der Waals surface area contributed by atoms with Crippen LogP contribution in [0.3, 0.4) is 0 Å². The highest BCUT2D eigenvalue weighted by Crippen LogP contribution is 2.04. The van der Waals surface area contributed by atoms with Crippen molar-refractivity contribution in [2.45, 2.75) is 6.42 Å². The highest BCUT2D eigenvalue weighted by atomic mass is 127. The van der Waals surface area contributed by atoms with Crippen LogP contribution in [-0.2, 0) is 6.42 Å². The second-order valence-corrected chi connectivity index (χ2v) is 2.91. The zero-order chi connectivity index (χ0) is 8.10. The molecule has 0 aromatic heterocycles. The van der Waals surface area contributed by atoms with Gasteiger partial charge < -0.3 is 0 Å². The van der Waals surface area contributed by atoms with Crippen LogP contribution in [0.25, 0.3) is 0 Å². The molecule has 0 fully saturated rings. The van der Waals surface area contributed by atoms with Gasteiger partial charge in [-0.2, -0.15) is 0 Å². The molecule has 11 heavy (non-hydrogen) atoms. The number of benzene rings is 1. The number of hydrogen-bond donors (Lipinski definition) is 0. The SMILES string of the molecule is Fc1ccc(C/C=C\I)cc1. The maximum atomic E-state index is 12.4. The first-order chi connectivity index (χ1) is 5.33. The molecule has 0 saturated carbocycles. The highest BCUT2D eigenvalue weighted by molar-refractivity contribution is 14.1. The van der Waals surface area contributed by atoms with E-state index in [1.807, 2.05) is 10.2 Å². The molecule has 0 atom stereocenters. The van der Waals surface area contributed by atoms with Gasteiger partial charge in [-0.05, 0) is 28.2 Å². The van der Waals surface area contributed by atoms with E-state index in [1.54, 1.807) is 12.1 Å². The third-order valence-corrected chi connectivity index (χ3v) is 1.86. The van der Waals surface area contributed by atoms with E-state index in [9.17, 15) is 4.39 Å². The molecule has 0 spiro atoms. The van der Waals surface area contributed by atoms with Gasteiger partial charge >= 0.3 is 0 Å². The number of rotatable bonds is 2. The fraction of sp³-hybridized carbons (Fsp3) is 0.111. The number of halogens is 2. The summed E-state index contributed by atoms with van der Waals surface area (Å²) in [6.07, 6.45) is 2.91. The van der Waals surface area contributed by atoms with Crippen molar-refractivity contribution < 1.29 is 4.39 Å². The van der Waals surface area contributed by atoms with Crippen molar-refractivity contribution in [3.63, 3.8) is 0 Å². The zero-order valence-corrected chi connectivity index (χ0v) is 8.08. The minimum absolute atomic E-state index is 0.174. The standard InChI is InChI=1S/C9H8FI/c10-9-5-3-8(4-6-9)2-1-7-11/h1,3-7H,2H2/b7-1-. The van der Waals surface area contributed by atoms with Crippen LogP contribution in [0, 0.1) is 5.82 Å². The first kappa shape index (κ1) is 8.71. The summed E-state index contributed by atoms with van der Waals surface area (Å²) in [6, 6.07) is 6.56. The molecule has 0 bridgehead atoms. The van der Waals surface area contributed by atoms with Gasteiger partial charge in [0.1, 0.15) is 5.82 Å². The minimum atomic E-state index is -0.174. The summed E-state index contributed by atoms with van der Waals surface area (Å²) in [5.74, 6) is -0.174. The second kappa shape index (κ2) is 4.49. The Labute approximate surface area is 79.3 Å². The molecule has 0 radical (unpaired) electrons. The molecule has 0 nitrogen and oxygen atoms in total. The van der Waals surface area contributed by atoms with Crippen LogP contribution < -0.4 is 0 Å². The first-order valence-corrected chi connectivity index (χ1v) is 4.57. The molecule has 0 unspecified atom stereocenters. The average molecular weight is 262 g/mol. The van der Waals surface area contributed by atoms with E-state index in [1.165, 1.54) is 12.1 Å². The fourth-order valence-electron chi connectivity index (χ4n) is 0.801. The third kappa shape index (κ3) is 3.01. The summed E-state index contributed by atoms with van der Waals surface area (Å²) in [5.41, 5.74) is 1.14. The van der Waals surface area contributed by atoms with Gasteiger partial charge in [0.15, 0.2) is 0 Å². The van der Waals surface area contributed by atoms with Gasteiger partial charge in [-0.1, -0.05) is 40.8 Å². The maximum Gasteiger partial charge on any atom is 0.123 e. The van der Waals surface area contributed by atoms with Gasteiger partial charge in [-0.15, -0.1) is 0 Å². The van der Waals surface area contributed by atoms with Crippen molar-refractivity contribution in [3.8, 4) is 0 Å². The van der Waals surface area contributed by atoms with Crippen molar-refractivity contribution in [1.29, 1.82) is 0 Å². The van der Waals surface area contributed by atoms with Gasteiger partial charge in [0.25, 0.3) is 0 Å². The summed E-state index contributed by atoms with van der Waals surface area (Å²) in [4.78, 5) is 0. The summed E-state index contributed by atoms with van der Waals surface area (Å²) < 4.78 is 14.3. The largest absolute Gasteiger partial charge is 0.207 e. The Hall–Kier alpha value is -0.380. The number of allylic oxidation sites excluding steroid dienone is 1. The first-order valence-electron chi connectivity index (χ1n) is 3.32. The van der Waals surface area contributed by atoms with Gasteiger partial charge in [0.2, 0.25) is 0 Å². The molecule has 0 N–H and O–H groups in total. The Bertz CT molecular complexity index is 238. The molecule has 0 aliphatic carbocycles. The predicted octanol–water partition coefficient (Wildman–Crippen LogP) is 3.32. The quantitative estimate of drug-likeness (QED) is 0.717. The fourth-order valence-corrected chi connectivity index (χ4v) is 1.06. The van der Waals surface area contributed by atoms with E-state index in [4.69, 9.17) is 0 Å². The smallest absolute Gasteiger partial charge is 0.123 e. The predicted molar refractivity (Wildman–Crippen MR) is 53.3 cm³/mol. The molecule has 1 aromatic rings. The lowest BCUT2D eigenvalue weighted by Crippen LogP contribution is -1.80. The normalized spacial score (nSPS) is 10.7. The highest BCUT2D eigenvalue weighted by Gasteiger charge is 1.89. The lowest BCUT2D eigenvalue weighted by Gasteiger charge is -1.93. The van der Waals surface area contributed by atoms with E-state index < -0.39 is 0 Å². The third-order valence-electron chi connectivity index (χ3n) is 1.36. The van der Waals surface area contributed by atoms with E-state index >= 15 is 0 Å². The van der Waals surface area contributed by atoms with Crippen molar-refractivity contribution in [2.75, 3.05) is 0 Å². The van der Waals surface area contributed by atoms with E-state index in [2.05, 4.69) is 22.6 Å². The minimum Gasteiger partial charge on any atom is -0.207 e. The zero-order valence-electron chi connectivity index (χ0n) is 5.93. The van der Waals surface area contributed by atoms with Crippen molar-refractivity contribution in [1.82, 2.24) is 0 Å². The topological polar surface area (TPSA) is 0 Å². The summed E-state index contributed by atoms with van der Waals surface area (Å²) in [7, 11) is 0. The van der Waals surface area contributed by atoms with E-state index in [-0.39, 0.29) is 5.82 Å². The summed E-state index contributed by atoms with van der Waals surface area (Å²) in [6.45, 7) is 0. The molecule has 2 heteroatoms. The van der Waals surface area contributed by atoms with Gasteiger partial charge in [-0.3, -0.25) is 0 Å². The Morgan fingerprint density at radius 1 is 1.27 bits per heavy atom. The van der Waals surface area contributed by atoms with Crippen LogP contribution in [0.1, 0.15) is 5.56 Å². The Morgan fingerprint density at radius 3 is 2.45 bits per heavy atom. The van der Waals surface area contributed by atoms with Gasteiger partial charge in [0, 0.05) is 0 Å². The van der Waals surface area contributed by atoms with E-state index in [0.29, 0.717) is 0 Å². The molecule has 0 saturated heterocycles. The molecule has 0 aliphatic heterocycles. The molecular weight excluding hydrogens is 254 g/mol. The van der Waals surface area contributed by atoms with Gasteiger partial charge in [0.05, 0.1) is 0 Å². The molecule has 1 rings (SSSR count). The monoisotopic (exact) mass is 262 g/mol. The second-order valence-electron chi connectivity index (χ2n) is 2.19. The van der Waals surface area contributed by atoms with Gasteiger partial charge in [-0.25, -0.2) is 4.39 Å². The molecule has 0 amide bonds. The lowest BCUT2D eigenvalue weighted by molar-refractivity contribution is 0.627. The van der Waals surface area contributed by atoms with Crippen LogP contribution >= 0.6 is 22.6 Å². The maximum absolute atomic E-state index is 12.4. The Morgan fingerprint density at radius 2 is 1.91 bits per heavy atom. The van der Waals surface area contributed by atoms with Crippen LogP contribution in [0.4, 0.5) is 4.39 Å². The Balaban J connectivity index is 2.66. The van der Waals surface area contributed by atoms with Crippen molar-refractivity contribution >= 4 is 22.6 Å². The molecule has 58 valence electrons. The van der Waals surface area contributed by atoms with Crippen LogP contribution in [0.15, 0.2) is 34.4 Å². The lowest BCUT2D eigenvalue weighted by atomic mass is 10.1. The van der Waals surface area contributed by atoms with Crippen LogP contribution in [0.2, 0.25) is 0 Å². The summed E-state index contributed by atoms with van der Waals surface area (Å²) >= 11 is 2.17. The van der Waals surface area contributed by atoms with Crippen molar-refractivity contribution in [2.24, 2.45) is 0 Å². The van der Waals surface area contributed by atoms with E-state index in [0.717, 1.165) is 12.0 Å².